The molecule has 1 aliphatic rings. The second-order valence-corrected chi connectivity index (χ2v) is 7.98. The second-order valence-electron chi connectivity index (χ2n) is 7.20. The molecule has 0 saturated carbocycles. The molecule has 2 atom stereocenters. The Bertz CT molecular complexity index is 589. The Hall–Kier alpha value is -1.20. The van der Waals surface area contributed by atoms with Crippen LogP contribution < -0.4 is 5.32 Å². The van der Waals surface area contributed by atoms with E-state index in [2.05, 4.69) is 48.6 Å². The van der Waals surface area contributed by atoms with E-state index in [1.165, 1.54) is 5.56 Å². The number of thiophene rings is 1. The lowest BCUT2D eigenvalue weighted by molar-refractivity contribution is -0.0324. The fraction of sp³-hybridized carbons (Fsp3) is 0.500. The SMILES string of the molecule is C=C(C)C1(OCC(O)CNC(C)(C)Cc2ccsc2)C=CC=CC1. The summed E-state index contributed by atoms with van der Waals surface area (Å²) in [6.07, 6.45) is 9.24. The molecule has 132 valence electrons. The standard InChI is InChI=1S/C20H29NO2S/c1-16(2)20(9-6-5-7-10-20)23-14-18(22)13-21-19(3,4)12-17-8-11-24-15-17/h5-9,11,15,18,21-22H,1,10,12-14H2,2-4H3. The minimum Gasteiger partial charge on any atom is -0.389 e. The highest BCUT2D eigenvalue weighted by atomic mass is 32.1. The van der Waals surface area contributed by atoms with Gasteiger partial charge in [-0.05, 0) is 61.2 Å². The maximum absolute atomic E-state index is 10.3. The smallest absolute Gasteiger partial charge is 0.111 e. The molecular formula is C20H29NO2S. The van der Waals surface area contributed by atoms with Gasteiger partial charge in [0.25, 0.3) is 0 Å². The van der Waals surface area contributed by atoms with Crippen LogP contribution in [0.1, 0.15) is 32.8 Å². The van der Waals surface area contributed by atoms with E-state index in [1.54, 1.807) is 11.3 Å². The lowest BCUT2D eigenvalue weighted by Gasteiger charge is -2.34. The van der Waals surface area contributed by atoms with Crippen molar-refractivity contribution in [3.05, 3.63) is 58.8 Å². The molecule has 1 aromatic rings. The van der Waals surface area contributed by atoms with Crippen LogP contribution >= 0.6 is 11.3 Å². The second kappa shape index (κ2) is 8.26. The van der Waals surface area contributed by atoms with Crippen molar-refractivity contribution in [2.45, 2.75) is 50.9 Å². The van der Waals surface area contributed by atoms with Gasteiger partial charge in [0, 0.05) is 18.5 Å². The number of hydrogen-bond acceptors (Lipinski definition) is 4. The summed E-state index contributed by atoms with van der Waals surface area (Å²) in [5.41, 5.74) is 1.73. The highest BCUT2D eigenvalue weighted by Crippen LogP contribution is 2.29. The highest BCUT2D eigenvalue weighted by Gasteiger charge is 2.30. The van der Waals surface area contributed by atoms with E-state index in [-0.39, 0.29) is 12.1 Å². The Morgan fingerprint density at radius 3 is 2.88 bits per heavy atom. The van der Waals surface area contributed by atoms with Gasteiger partial charge < -0.3 is 15.2 Å². The number of hydrogen-bond donors (Lipinski definition) is 2. The van der Waals surface area contributed by atoms with Crippen molar-refractivity contribution in [2.75, 3.05) is 13.2 Å². The number of nitrogens with one attached hydrogen (secondary N) is 1. The Labute approximate surface area is 149 Å². The third-order valence-electron chi connectivity index (χ3n) is 4.33. The van der Waals surface area contributed by atoms with E-state index >= 15 is 0 Å². The van der Waals surface area contributed by atoms with E-state index in [0.29, 0.717) is 6.54 Å². The molecule has 4 heteroatoms. The molecule has 2 N–H and O–H groups in total. The number of rotatable bonds is 9. The molecule has 0 bridgehead atoms. The average Bonchev–Trinajstić information content (AvgIpc) is 3.04. The van der Waals surface area contributed by atoms with Gasteiger partial charge in [-0.15, -0.1) is 0 Å². The average molecular weight is 348 g/mol. The van der Waals surface area contributed by atoms with Gasteiger partial charge in [0.1, 0.15) is 5.60 Å². The fourth-order valence-corrected chi connectivity index (χ4v) is 3.48. The van der Waals surface area contributed by atoms with E-state index in [0.717, 1.165) is 18.4 Å². The van der Waals surface area contributed by atoms with Crippen molar-refractivity contribution in [1.29, 1.82) is 0 Å². The van der Waals surface area contributed by atoms with E-state index < -0.39 is 11.7 Å². The normalized spacial score (nSPS) is 21.8. The molecule has 0 radical (unpaired) electrons. The number of β-amino-alcohol motifs (C(OH)–C–C–N with tert-alkyl or cyclic N) is 1. The molecule has 2 rings (SSSR count). The van der Waals surface area contributed by atoms with Crippen LogP contribution in [-0.2, 0) is 11.2 Å². The quantitative estimate of drug-likeness (QED) is 0.666. The topological polar surface area (TPSA) is 41.5 Å². The summed E-state index contributed by atoms with van der Waals surface area (Å²) in [7, 11) is 0. The van der Waals surface area contributed by atoms with Crippen LogP contribution in [0, 0.1) is 0 Å². The van der Waals surface area contributed by atoms with Crippen molar-refractivity contribution in [1.82, 2.24) is 5.32 Å². The van der Waals surface area contributed by atoms with Gasteiger partial charge in [0.2, 0.25) is 0 Å². The largest absolute Gasteiger partial charge is 0.389 e. The summed E-state index contributed by atoms with van der Waals surface area (Å²) in [6.45, 7) is 11.1. The molecule has 0 amide bonds. The van der Waals surface area contributed by atoms with Crippen molar-refractivity contribution < 1.29 is 9.84 Å². The van der Waals surface area contributed by atoms with Crippen LogP contribution in [0.2, 0.25) is 0 Å². The van der Waals surface area contributed by atoms with Gasteiger partial charge in [-0.1, -0.05) is 24.8 Å². The molecule has 2 unspecified atom stereocenters. The molecule has 24 heavy (non-hydrogen) atoms. The molecule has 0 aromatic carbocycles. The molecule has 0 aliphatic heterocycles. The van der Waals surface area contributed by atoms with Gasteiger partial charge >= 0.3 is 0 Å². The minimum absolute atomic E-state index is 0.0679. The Morgan fingerprint density at radius 2 is 2.29 bits per heavy atom. The van der Waals surface area contributed by atoms with Gasteiger partial charge in [-0.25, -0.2) is 0 Å². The summed E-state index contributed by atoms with van der Waals surface area (Å²) < 4.78 is 6.04. The number of ether oxygens (including phenoxy) is 1. The van der Waals surface area contributed by atoms with Gasteiger partial charge in [0.05, 0.1) is 12.7 Å². The van der Waals surface area contributed by atoms with Crippen molar-refractivity contribution in [3.8, 4) is 0 Å². The first-order chi connectivity index (χ1) is 11.3. The molecule has 1 heterocycles. The first-order valence-electron chi connectivity index (χ1n) is 8.41. The van der Waals surface area contributed by atoms with Crippen LogP contribution in [-0.4, -0.2) is 35.5 Å². The van der Waals surface area contributed by atoms with Crippen molar-refractivity contribution >= 4 is 11.3 Å². The zero-order chi connectivity index (χ0) is 17.6. The third kappa shape index (κ3) is 5.42. The summed E-state index contributed by atoms with van der Waals surface area (Å²) >= 11 is 1.71. The molecule has 0 spiro atoms. The predicted molar refractivity (Wildman–Crippen MR) is 103 cm³/mol. The summed E-state index contributed by atoms with van der Waals surface area (Å²) in [5, 5.41) is 18.0. The third-order valence-corrected chi connectivity index (χ3v) is 5.06. The first kappa shape index (κ1) is 19.1. The molecule has 0 fully saturated rings. The maximum atomic E-state index is 10.3. The van der Waals surface area contributed by atoms with Crippen LogP contribution in [0.3, 0.4) is 0 Å². The molecule has 1 aliphatic carbocycles. The zero-order valence-electron chi connectivity index (χ0n) is 14.9. The number of aliphatic hydroxyl groups is 1. The summed E-state index contributed by atoms with van der Waals surface area (Å²) in [5.74, 6) is 0. The fourth-order valence-electron chi connectivity index (χ4n) is 2.81. The minimum atomic E-state index is -0.553. The van der Waals surface area contributed by atoms with E-state index in [4.69, 9.17) is 4.74 Å². The predicted octanol–water partition coefficient (Wildman–Crippen LogP) is 3.87. The number of aliphatic hydroxyl groups excluding tert-OH is 1. The van der Waals surface area contributed by atoms with Crippen LogP contribution in [0.4, 0.5) is 0 Å². The van der Waals surface area contributed by atoms with Gasteiger partial charge in [-0.2, -0.15) is 11.3 Å². The molecule has 3 nitrogen and oxygen atoms in total. The summed E-state index contributed by atoms with van der Waals surface area (Å²) in [6, 6.07) is 2.15. The van der Waals surface area contributed by atoms with Gasteiger partial charge in [0.15, 0.2) is 0 Å². The van der Waals surface area contributed by atoms with Crippen molar-refractivity contribution in [2.24, 2.45) is 0 Å². The molecular weight excluding hydrogens is 318 g/mol. The Kier molecular flexibility index (Phi) is 6.58. The van der Waals surface area contributed by atoms with Crippen LogP contribution in [0.15, 0.2) is 53.3 Å². The lowest BCUT2D eigenvalue weighted by Crippen LogP contribution is -2.46. The van der Waals surface area contributed by atoms with E-state index in [9.17, 15) is 5.11 Å². The lowest BCUT2D eigenvalue weighted by atomic mass is 9.88. The Balaban J connectivity index is 1.80. The zero-order valence-corrected chi connectivity index (χ0v) is 15.7. The monoisotopic (exact) mass is 347 g/mol. The first-order valence-corrected chi connectivity index (χ1v) is 9.36. The Morgan fingerprint density at radius 1 is 1.50 bits per heavy atom. The van der Waals surface area contributed by atoms with Gasteiger partial charge in [-0.3, -0.25) is 0 Å². The van der Waals surface area contributed by atoms with Crippen LogP contribution in [0.5, 0.6) is 0 Å². The molecule has 0 saturated heterocycles. The van der Waals surface area contributed by atoms with E-state index in [1.807, 2.05) is 25.2 Å². The highest BCUT2D eigenvalue weighted by molar-refractivity contribution is 7.07. The molecule has 1 aromatic heterocycles. The number of allylic oxidation sites excluding steroid dienone is 2. The maximum Gasteiger partial charge on any atom is 0.111 e. The van der Waals surface area contributed by atoms with Crippen molar-refractivity contribution in [3.63, 3.8) is 0 Å². The summed E-state index contributed by atoms with van der Waals surface area (Å²) in [4.78, 5) is 0. The van der Waals surface area contributed by atoms with Crippen LogP contribution in [0.25, 0.3) is 0 Å².